The molecule has 1 aromatic heterocycles. The molecule has 0 fully saturated rings. The van der Waals surface area contributed by atoms with Crippen LogP contribution in [0.25, 0.3) is 0 Å². The molecule has 4 heteroatoms. The van der Waals surface area contributed by atoms with E-state index in [4.69, 9.17) is 11.6 Å². The molecule has 1 heterocycles. The number of Topliss-reactive ketones (excluding diaryl/α,β-unsaturated/α-hetero) is 1. The number of carbonyl (C=O) groups is 1. The molecule has 0 aromatic carbocycles. The quantitative estimate of drug-likeness (QED) is 0.688. The molecule has 54 valence electrons. The van der Waals surface area contributed by atoms with E-state index in [-0.39, 0.29) is 5.78 Å². The minimum atomic E-state index is 0.117. The van der Waals surface area contributed by atoms with Crippen molar-refractivity contribution in [2.75, 3.05) is 0 Å². The van der Waals surface area contributed by atoms with Crippen molar-refractivity contribution in [3.63, 3.8) is 0 Å². The van der Waals surface area contributed by atoms with Crippen molar-refractivity contribution >= 4 is 28.9 Å². The van der Waals surface area contributed by atoms with Gasteiger partial charge in [-0.2, -0.15) is 4.37 Å². The molecule has 0 aliphatic heterocycles. The molecule has 0 saturated carbocycles. The minimum absolute atomic E-state index is 0.117. The van der Waals surface area contributed by atoms with Crippen LogP contribution in [0, 0.1) is 0 Å². The molecule has 1 aromatic rings. The molecular weight excluding hydrogens is 170 g/mol. The molecule has 10 heavy (non-hydrogen) atoms. The first-order chi connectivity index (χ1) is 4.70. The summed E-state index contributed by atoms with van der Waals surface area (Å²) < 4.78 is 3.83. The van der Waals surface area contributed by atoms with E-state index < -0.39 is 0 Å². The number of carbonyl (C=O) groups excluding carboxylic acids is 1. The molecule has 0 unspecified atom stereocenters. The SMILES string of the molecule is CC(=O)Cc1sncc1Cl. The Balaban J connectivity index is 2.74. The Morgan fingerprint density at radius 1 is 1.90 bits per heavy atom. The minimum Gasteiger partial charge on any atom is -0.300 e. The van der Waals surface area contributed by atoms with Crippen molar-refractivity contribution in [3.8, 4) is 0 Å². The molecule has 0 saturated heterocycles. The van der Waals surface area contributed by atoms with Gasteiger partial charge in [0.25, 0.3) is 0 Å². The average molecular weight is 176 g/mol. The predicted molar refractivity (Wildman–Crippen MR) is 41.5 cm³/mol. The fourth-order valence-corrected chi connectivity index (χ4v) is 1.56. The van der Waals surface area contributed by atoms with Gasteiger partial charge in [0, 0.05) is 6.42 Å². The van der Waals surface area contributed by atoms with Gasteiger partial charge in [-0.25, -0.2) is 0 Å². The van der Waals surface area contributed by atoms with E-state index in [1.54, 1.807) is 6.20 Å². The Morgan fingerprint density at radius 3 is 3.00 bits per heavy atom. The topological polar surface area (TPSA) is 30.0 Å². The molecule has 0 N–H and O–H groups in total. The van der Waals surface area contributed by atoms with E-state index >= 15 is 0 Å². The largest absolute Gasteiger partial charge is 0.300 e. The van der Waals surface area contributed by atoms with Gasteiger partial charge in [-0.3, -0.25) is 4.79 Å². The maximum Gasteiger partial charge on any atom is 0.135 e. The maximum atomic E-state index is 10.6. The van der Waals surface area contributed by atoms with Crippen molar-refractivity contribution in [1.82, 2.24) is 4.37 Å². The highest BCUT2D eigenvalue weighted by atomic mass is 35.5. The van der Waals surface area contributed by atoms with E-state index in [0.29, 0.717) is 11.4 Å². The van der Waals surface area contributed by atoms with Crippen LogP contribution >= 0.6 is 23.1 Å². The van der Waals surface area contributed by atoms with Gasteiger partial charge in [0.15, 0.2) is 0 Å². The Kier molecular flexibility index (Phi) is 2.40. The van der Waals surface area contributed by atoms with E-state index in [1.165, 1.54) is 18.5 Å². The second kappa shape index (κ2) is 3.12. The van der Waals surface area contributed by atoms with Crippen LogP contribution in [0.3, 0.4) is 0 Å². The molecule has 0 amide bonds. The molecule has 0 aliphatic rings. The second-order valence-electron chi connectivity index (χ2n) is 1.98. The van der Waals surface area contributed by atoms with Gasteiger partial charge in [-0.15, -0.1) is 0 Å². The molecule has 0 bridgehead atoms. The first-order valence-corrected chi connectivity index (χ1v) is 3.94. The highest BCUT2D eigenvalue weighted by Gasteiger charge is 2.04. The second-order valence-corrected chi connectivity index (χ2v) is 3.27. The summed E-state index contributed by atoms with van der Waals surface area (Å²) in [5, 5.41) is 0.597. The summed E-state index contributed by atoms with van der Waals surface area (Å²) >= 11 is 6.95. The molecule has 0 spiro atoms. The Labute approximate surface area is 68.0 Å². The van der Waals surface area contributed by atoms with Gasteiger partial charge >= 0.3 is 0 Å². The normalized spacial score (nSPS) is 9.80. The third-order valence-electron chi connectivity index (χ3n) is 1.00. The van der Waals surface area contributed by atoms with Crippen LogP contribution in [0.1, 0.15) is 11.8 Å². The smallest absolute Gasteiger partial charge is 0.135 e. The summed E-state index contributed by atoms with van der Waals surface area (Å²) in [6, 6.07) is 0. The van der Waals surface area contributed by atoms with Crippen molar-refractivity contribution in [2.45, 2.75) is 13.3 Å². The number of hydrogen-bond acceptors (Lipinski definition) is 3. The first-order valence-electron chi connectivity index (χ1n) is 2.78. The zero-order valence-electron chi connectivity index (χ0n) is 5.43. The fourth-order valence-electron chi connectivity index (χ4n) is 0.595. The number of aromatic nitrogens is 1. The highest BCUT2D eigenvalue weighted by molar-refractivity contribution is 7.06. The van der Waals surface area contributed by atoms with E-state index in [1.807, 2.05) is 0 Å². The van der Waals surface area contributed by atoms with Crippen molar-refractivity contribution < 1.29 is 4.79 Å². The maximum absolute atomic E-state index is 10.6. The summed E-state index contributed by atoms with van der Waals surface area (Å²) in [6.45, 7) is 1.54. The number of hydrogen-bond donors (Lipinski definition) is 0. The molecular formula is C6H6ClNOS. The van der Waals surface area contributed by atoms with E-state index in [9.17, 15) is 4.79 Å². The third kappa shape index (κ3) is 1.78. The van der Waals surface area contributed by atoms with Crippen molar-refractivity contribution in [3.05, 3.63) is 16.1 Å². The summed E-state index contributed by atoms with van der Waals surface area (Å²) in [5.41, 5.74) is 0. The van der Waals surface area contributed by atoms with Crippen LogP contribution in [-0.4, -0.2) is 10.2 Å². The zero-order chi connectivity index (χ0) is 7.56. The van der Waals surface area contributed by atoms with Crippen LogP contribution in [0.15, 0.2) is 6.20 Å². The lowest BCUT2D eigenvalue weighted by Gasteiger charge is -1.88. The summed E-state index contributed by atoms with van der Waals surface area (Å²) in [6.07, 6.45) is 1.97. The fraction of sp³-hybridized carbons (Fsp3) is 0.333. The van der Waals surface area contributed by atoms with Crippen molar-refractivity contribution in [2.24, 2.45) is 0 Å². The lowest BCUT2D eigenvalue weighted by atomic mass is 10.3. The van der Waals surface area contributed by atoms with Crippen LogP contribution in [-0.2, 0) is 11.2 Å². The van der Waals surface area contributed by atoms with Gasteiger partial charge < -0.3 is 0 Å². The first kappa shape index (κ1) is 7.69. The predicted octanol–water partition coefficient (Wildman–Crippen LogP) is 1.93. The molecule has 1 rings (SSSR count). The van der Waals surface area contributed by atoms with Gasteiger partial charge in [-0.05, 0) is 18.5 Å². The third-order valence-corrected chi connectivity index (χ3v) is 2.24. The van der Waals surface area contributed by atoms with Gasteiger partial charge in [0.2, 0.25) is 0 Å². The van der Waals surface area contributed by atoms with Gasteiger partial charge in [0.1, 0.15) is 5.78 Å². The standard InChI is InChI=1S/C6H6ClNOS/c1-4(9)2-6-5(7)3-8-10-6/h3H,2H2,1H3. The lowest BCUT2D eigenvalue weighted by molar-refractivity contribution is -0.116. The van der Waals surface area contributed by atoms with E-state index in [0.717, 1.165) is 4.88 Å². The Hall–Kier alpha value is -0.410. The van der Waals surface area contributed by atoms with Crippen LogP contribution in [0.4, 0.5) is 0 Å². The van der Waals surface area contributed by atoms with Crippen molar-refractivity contribution in [1.29, 1.82) is 0 Å². The summed E-state index contributed by atoms with van der Waals surface area (Å²) in [4.78, 5) is 11.4. The van der Waals surface area contributed by atoms with Crippen LogP contribution in [0.5, 0.6) is 0 Å². The number of halogens is 1. The van der Waals surface area contributed by atoms with Gasteiger partial charge in [0.05, 0.1) is 16.1 Å². The van der Waals surface area contributed by atoms with Crippen LogP contribution < -0.4 is 0 Å². The van der Waals surface area contributed by atoms with E-state index in [2.05, 4.69) is 4.37 Å². The average Bonchev–Trinajstić information content (AvgIpc) is 2.15. The monoisotopic (exact) mass is 175 g/mol. The summed E-state index contributed by atoms with van der Waals surface area (Å²) in [7, 11) is 0. The molecule has 0 radical (unpaired) electrons. The summed E-state index contributed by atoms with van der Waals surface area (Å²) in [5.74, 6) is 0.117. The molecule has 2 nitrogen and oxygen atoms in total. The number of nitrogens with zero attached hydrogens (tertiary/aromatic N) is 1. The lowest BCUT2D eigenvalue weighted by Crippen LogP contribution is -1.93. The Bertz CT molecular complexity index is 246. The Morgan fingerprint density at radius 2 is 2.60 bits per heavy atom. The number of rotatable bonds is 2. The van der Waals surface area contributed by atoms with Crippen LogP contribution in [0.2, 0.25) is 5.02 Å². The van der Waals surface area contributed by atoms with Gasteiger partial charge in [-0.1, -0.05) is 11.6 Å². The molecule has 0 aliphatic carbocycles. The highest BCUT2D eigenvalue weighted by Crippen LogP contribution is 2.19. The molecule has 0 atom stereocenters. The number of ketones is 1. The zero-order valence-corrected chi connectivity index (χ0v) is 7.00.